The van der Waals surface area contributed by atoms with Crippen LogP contribution in [0.2, 0.25) is 0 Å². The van der Waals surface area contributed by atoms with Crippen molar-refractivity contribution in [1.82, 2.24) is 9.55 Å². The number of hydrogen-bond donors (Lipinski definition) is 1. The Bertz CT molecular complexity index is 643. The first-order chi connectivity index (χ1) is 9.56. The van der Waals surface area contributed by atoms with Gasteiger partial charge in [0.15, 0.2) is 5.78 Å². The topological polar surface area (TPSA) is 64.2 Å². The number of carbonyl (C=O) groups is 1. The highest BCUT2D eigenvalue weighted by Crippen LogP contribution is 2.35. The van der Waals surface area contributed by atoms with Gasteiger partial charge in [0.05, 0.1) is 22.1 Å². The van der Waals surface area contributed by atoms with E-state index in [2.05, 4.69) is 14.5 Å². The summed E-state index contributed by atoms with van der Waals surface area (Å²) in [5.74, 6) is 1.15. The number of hydrogen-bond acceptors (Lipinski definition) is 5. The maximum atomic E-state index is 12.1. The summed E-state index contributed by atoms with van der Waals surface area (Å²) in [6.07, 6.45) is 3.83. The minimum atomic E-state index is -0.0240. The predicted molar refractivity (Wildman–Crippen MR) is 81.2 cm³/mol. The van der Waals surface area contributed by atoms with Crippen LogP contribution in [0.5, 0.6) is 0 Å². The summed E-state index contributed by atoms with van der Waals surface area (Å²) in [7, 11) is 0. The third-order valence-corrected chi connectivity index (χ3v) is 4.78. The molecule has 0 radical (unpaired) electrons. The van der Waals surface area contributed by atoms with Crippen molar-refractivity contribution >= 4 is 27.8 Å². The summed E-state index contributed by atoms with van der Waals surface area (Å²) >= 11 is 1.49. The number of nitrogen functional groups attached to an aromatic ring is 1. The summed E-state index contributed by atoms with van der Waals surface area (Å²) in [5.41, 5.74) is 6.60. The zero-order chi connectivity index (χ0) is 14.3. The number of rotatable bonds is 3. The van der Waals surface area contributed by atoms with Gasteiger partial charge in [0.2, 0.25) is 0 Å². The van der Waals surface area contributed by atoms with Gasteiger partial charge in [-0.25, -0.2) is 4.98 Å². The van der Waals surface area contributed by atoms with Crippen LogP contribution in [0.1, 0.15) is 29.3 Å². The average molecular weight is 290 g/mol. The lowest BCUT2D eigenvalue weighted by Gasteiger charge is -2.28. The summed E-state index contributed by atoms with van der Waals surface area (Å²) in [6, 6.07) is 1.92. The van der Waals surface area contributed by atoms with Crippen LogP contribution in [0.25, 0.3) is 0 Å². The van der Waals surface area contributed by atoms with Gasteiger partial charge in [-0.05, 0) is 6.07 Å². The van der Waals surface area contributed by atoms with E-state index >= 15 is 0 Å². The van der Waals surface area contributed by atoms with Crippen molar-refractivity contribution in [1.29, 1.82) is 0 Å². The third kappa shape index (κ3) is 2.20. The number of imidazole rings is 1. The molecule has 0 aromatic carbocycles. The number of thiophene rings is 1. The zero-order valence-electron chi connectivity index (χ0n) is 11.7. The van der Waals surface area contributed by atoms with E-state index in [-0.39, 0.29) is 11.7 Å². The van der Waals surface area contributed by atoms with Crippen molar-refractivity contribution in [2.75, 3.05) is 17.2 Å². The molecule has 0 amide bonds. The number of aromatic nitrogens is 2. The maximum Gasteiger partial charge on any atom is 0.177 e. The normalized spacial score (nSPS) is 14.7. The molecule has 0 aliphatic carbocycles. The van der Waals surface area contributed by atoms with Crippen LogP contribution in [-0.2, 0) is 13.1 Å². The lowest BCUT2D eigenvalue weighted by molar-refractivity contribution is 0.0944. The fraction of sp³-hybridized carbons (Fsp3) is 0.429. The standard InChI is InChI=1S/C14H18N4OS/c1-9(2)13(19)14-10(15)7-12(20-14)18-6-5-17-4-3-16-11(17)8-18/h3-4,7,9H,5-6,8,15H2,1-2H3. The Labute approximate surface area is 122 Å². The fourth-order valence-corrected chi connectivity index (χ4v) is 3.56. The average Bonchev–Trinajstić information content (AvgIpc) is 3.02. The van der Waals surface area contributed by atoms with Gasteiger partial charge in [-0.15, -0.1) is 11.3 Å². The molecule has 0 unspecified atom stereocenters. The molecule has 0 fully saturated rings. The van der Waals surface area contributed by atoms with E-state index in [4.69, 9.17) is 5.73 Å². The van der Waals surface area contributed by atoms with Crippen molar-refractivity contribution in [3.05, 3.63) is 29.2 Å². The molecular formula is C14H18N4OS. The number of nitrogens with two attached hydrogens (primary N) is 1. The number of fused-ring (bicyclic) bond motifs is 1. The van der Waals surface area contributed by atoms with E-state index in [1.54, 1.807) is 0 Å². The van der Waals surface area contributed by atoms with Crippen LogP contribution in [0.15, 0.2) is 18.5 Å². The van der Waals surface area contributed by atoms with Crippen molar-refractivity contribution < 1.29 is 4.79 Å². The summed E-state index contributed by atoms with van der Waals surface area (Å²) in [4.78, 5) is 19.4. The quantitative estimate of drug-likeness (QED) is 0.882. The van der Waals surface area contributed by atoms with E-state index in [1.807, 2.05) is 32.3 Å². The molecule has 3 rings (SSSR count). The van der Waals surface area contributed by atoms with E-state index in [1.165, 1.54) is 11.3 Å². The first-order valence-electron chi connectivity index (χ1n) is 6.74. The molecule has 2 aromatic rings. The number of anilines is 2. The van der Waals surface area contributed by atoms with Gasteiger partial charge >= 0.3 is 0 Å². The maximum absolute atomic E-state index is 12.1. The second-order valence-electron chi connectivity index (χ2n) is 5.35. The third-order valence-electron chi connectivity index (χ3n) is 3.55. The lowest BCUT2D eigenvalue weighted by atomic mass is 10.1. The smallest absolute Gasteiger partial charge is 0.177 e. The monoisotopic (exact) mass is 290 g/mol. The Morgan fingerprint density at radius 2 is 2.25 bits per heavy atom. The molecule has 2 N–H and O–H groups in total. The van der Waals surface area contributed by atoms with Crippen molar-refractivity contribution in [3.8, 4) is 0 Å². The summed E-state index contributed by atoms with van der Waals surface area (Å²) in [6.45, 7) is 6.40. The Balaban J connectivity index is 1.86. The highest BCUT2D eigenvalue weighted by atomic mass is 32.1. The summed E-state index contributed by atoms with van der Waals surface area (Å²) < 4.78 is 2.16. The highest BCUT2D eigenvalue weighted by Gasteiger charge is 2.22. The Kier molecular flexibility index (Phi) is 3.25. The Morgan fingerprint density at radius 1 is 1.45 bits per heavy atom. The van der Waals surface area contributed by atoms with Gasteiger partial charge in [0.25, 0.3) is 0 Å². The van der Waals surface area contributed by atoms with E-state index < -0.39 is 0 Å². The molecule has 6 heteroatoms. The van der Waals surface area contributed by atoms with Crippen molar-refractivity contribution in [2.45, 2.75) is 26.9 Å². The number of carbonyl (C=O) groups excluding carboxylic acids is 1. The molecule has 106 valence electrons. The number of ketones is 1. The van der Waals surface area contributed by atoms with Crippen LogP contribution in [-0.4, -0.2) is 21.9 Å². The van der Waals surface area contributed by atoms with Gasteiger partial charge in [0.1, 0.15) is 5.82 Å². The van der Waals surface area contributed by atoms with Crippen molar-refractivity contribution in [2.24, 2.45) is 5.92 Å². The van der Waals surface area contributed by atoms with Gasteiger partial charge < -0.3 is 15.2 Å². The molecule has 2 aromatic heterocycles. The van der Waals surface area contributed by atoms with E-state index in [0.717, 1.165) is 30.5 Å². The van der Waals surface area contributed by atoms with E-state index in [9.17, 15) is 4.79 Å². The minimum absolute atomic E-state index is 0.0240. The molecule has 1 aliphatic rings. The first kappa shape index (κ1) is 13.2. The number of nitrogens with zero attached hydrogens (tertiary/aromatic N) is 3. The zero-order valence-corrected chi connectivity index (χ0v) is 12.5. The van der Waals surface area contributed by atoms with Crippen molar-refractivity contribution in [3.63, 3.8) is 0 Å². The highest BCUT2D eigenvalue weighted by molar-refractivity contribution is 7.18. The second kappa shape index (κ2) is 4.94. The molecule has 3 heterocycles. The van der Waals surface area contributed by atoms with Crippen LogP contribution in [0.4, 0.5) is 10.7 Å². The van der Waals surface area contributed by atoms with Crippen LogP contribution >= 0.6 is 11.3 Å². The minimum Gasteiger partial charge on any atom is -0.397 e. The molecule has 0 bridgehead atoms. The summed E-state index contributed by atoms with van der Waals surface area (Å²) in [5, 5.41) is 1.06. The molecule has 0 saturated carbocycles. The second-order valence-corrected chi connectivity index (χ2v) is 6.38. The van der Waals surface area contributed by atoms with Gasteiger partial charge in [-0.2, -0.15) is 0 Å². The van der Waals surface area contributed by atoms with Crippen LogP contribution < -0.4 is 10.6 Å². The number of Topliss-reactive ketones (excluding diaryl/α,β-unsaturated/α-hetero) is 1. The lowest BCUT2D eigenvalue weighted by Crippen LogP contribution is -2.32. The molecular weight excluding hydrogens is 272 g/mol. The van der Waals surface area contributed by atoms with E-state index in [0.29, 0.717) is 10.6 Å². The SMILES string of the molecule is CC(C)C(=O)c1sc(N2CCn3ccnc3C2)cc1N. The largest absolute Gasteiger partial charge is 0.397 e. The molecule has 0 spiro atoms. The van der Waals surface area contributed by atoms with Crippen LogP contribution in [0, 0.1) is 5.92 Å². The predicted octanol–water partition coefficient (Wildman–Crippen LogP) is 2.39. The van der Waals surface area contributed by atoms with Gasteiger partial charge in [-0.3, -0.25) is 4.79 Å². The molecule has 0 atom stereocenters. The Morgan fingerprint density at radius 3 is 3.00 bits per heavy atom. The molecule has 5 nitrogen and oxygen atoms in total. The Hall–Kier alpha value is -1.82. The fourth-order valence-electron chi connectivity index (χ4n) is 2.36. The van der Waals surface area contributed by atoms with Gasteiger partial charge in [0, 0.05) is 31.4 Å². The first-order valence-corrected chi connectivity index (χ1v) is 7.56. The molecule has 20 heavy (non-hydrogen) atoms. The van der Waals surface area contributed by atoms with Gasteiger partial charge in [-0.1, -0.05) is 13.8 Å². The molecule has 0 saturated heterocycles. The van der Waals surface area contributed by atoms with Crippen LogP contribution in [0.3, 0.4) is 0 Å². The molecule has 1 aliphatic heterocycles.